The van der Waals surface area contributed by atoms with Crippen LogP contribution in [0.5, 0.6) is 5.75 Å². The van der Waals surface area contributed by atoms with Gasteiger partial charge in [-0.25, -0.2) is 4.98 Å². The van der Waals surface area contributed by atoms with Gasteiger partial charge >= 0.3 is 0 Å². The van der Waals surface area contributed by atoms with Crippen molar-refractivity contribution in [3.63, 3.8) is 0 Å². The molecule has 1 heterocycles. The molecule has 0 aliphatic rings. The number of nitrogens with one attached hydrogen (secondary N) is 1. The van der Waals surface area contributed by atoms with E-state index < -0.39 is 0 Å². The summed E-state index contributed by atoms with van der Waals surface area (Å²) in [5, 5.41) is 5.68. The third-order valence-corrected chi connectivity index (χ3v) is 3.81. The molecule has 0 fully saturated rings. The predicted octanol–water partition coefficient (Wildman–Crippen LogP) is 2.29. The summed E-state index contributed by atoms with van der Waals surface area (Å²) in [6.07, 6.45) is 0. The summed E-state index contributed by atoms with van der Waals surface area (Å²) < 4.78 is 5.39. The Labute approximate surface area is 121 Å². The van der Waals surface area contributed by atoms with E-state index in [4.69, 9.17) is 10.5 Å². The maximum absolute atomic E-state index is 11.8. The largest absolute Gasteiger partial charge is 0.482 e. The molecule has 20 heavy (non-hydrogen) atoms. The number of aryl methyl sites for hydroxylation is 1. The first-order valence-electron chi connectivity index (χ1n) is 6.25. The fourth-order valence-corrected chi connectivity index (χ4v) is 2.47. The van der Waals surface area contributed by atoms with Gasteiger partial charge in [0.15, 0.2) is 6.61 Å². The van der Waals surface area contributed by atoms with Gasteiger partial charge in [-0.3, -0.25) is 4.79 Å². The summed E-state index contributed by atoms with van der Waals surface area (Å²) in [6, 6.07) is 6.96. The lowest BCUT2D eigenvalue weighted by Crippen LogP contribution is -2.31. The molecule has 0 saturated heterocycles. The first kappa shape index (κ1) is 14.3. The van der Waals surface area contributed by atoms with E-state index in [1.807, 2.05) is 31.4 Å². The average molecular weight is 291 g/mol. The fourth-order valence-electron chi connectivity index (χ4n) is 1.67. The highest BCUT2D eigenvalue weighted by Gasteiger charge is 2.13. The van der Waals surface area contributed by atoms with Crippen LogP contribution in [0.15, 0.2) is 29.6 Å². The number of aromatic nitrogens is 1. The number of para-hydroxylation sites is 2. The normalized spacial score (nSPS) is 11.9. The van der Waals surface area contributed by atoms with Gasteiger partial charge in [-0.2, -0.15) is 0 Å². The zero-order valence-electron chi connectivity index (χ0n) is 11.4. The van der Waals surface area contributed by atoms with Crippen molar-refractivity contribution in [3.8, 4) is 5.75 Å². The third kappa shape index (κ3) is 3.71. The zero-order chi connectivity index (χ0) is 14.5. The molecule has 1 amide bonds. The number of nitrogens with two attached hydrogens (primary N) is 1. The van der Waals surface area contributed by atoms with Crippen LogP contribution in [0.2, 0.25) is 0 Å². The molecule has 0 bridgehead atoms. The molecule has 0 radical (unpaired) electrons. The van der Waals surface area contributed by atoms with Crippen LogP contribution in [0.25, 0.3) is 0 Å². The number of ether oxygens (including phenoxy) is 1. The van der Waals surface area contributed by atoms with Crippen molar-refractivity contribution in [2.75, 3.05) is 12.3 Å². The second-order valence-electron chi connectivity index (χ2n) is 4.44. The number of nitrogen functional groups attached to an aromatic ring is 1. The molecule has 106 valence electrons. The second-order valence-corrected chi connectivity index (χ2v) is 5.33. The van der Waals surface area contributed by atoms with Gasteiger partial charge in [-0.15, -0.1) is 11.3 Å². The quantitative estimate of drug-likeness (QED) is 0.829. The van der Waals surface area contributed by atoms with Gasteiger partial charge in [-0.05, 0) is 26.0 Å². The summed E-state index contributed by atoms with van der Waals surface area (Å²) >= 11 is 1.53. The molecule has 1 aromatic carbocycles. The van der Waals surface area contributed by atoms with Crippen LogP contribution in [-0.2, 0) is 4.79 Å². The van der Waals surface area contributed by atoms with Crippen molar-refractivity contribution in [1.82, 2.24) is 10.3 Å². The van der Waals surface area contributed by atoms with Crippen molar-refractivity contribution < 1.29 is 9.53 Å². The Morgan fingerprint density at radius 3 is 2.90 bits per heavy atom. The molecule has 1 aromatic heterocycles. The standard InChI is InChI=1S/C14H17N3O2S/c1-9-8-20-14(16-9)10(2)17-13(18)7-19-12-6-4-3-5-11(12)15/h3-6,8,10H,7,15H2,1-2H3,(H,17,18). The molecule has 6 heteroatoms. The highest BCUT2D eigenvalue weighted by molar-refractivity contribution is 7.09. The number of hydrogen-bond donors (Lipinski definition) is 2. The van der Waals surface area contributed by atoms with Gasteiger partial charge in [0, 0.05) is 11.1 Å². The van der Waals surface area contributed by atoms with Crippen molar-refractivity contribution in [2.45, 2.75) is 19.9 Å². The van der Waals surface area contributed by atoms with Gasteiger partial charge in [0.25, 0.3) is 5.91 Å². The molecule has 0 aliphatic carbocycles. The van der Waals surface area contributed by atoms with Crippen LogP contribution < -0.4 is 15.8 Å². The lowest BCUT2D eigenvalue weighted by atomic mass is 10.3. The Bertz CT molecular complexity index is 598. The lowest BCUT2D eigenvalue weighted by Gasteiger charge is -2.12. The minimum absolute atomic E-state index is 0.0666. The van der Waals surface area contributed by atoms with E-state index in [9.17, 15) is 4.79 Å². The predicted molar refractivity (Wildman–Crippen MR) is 79.8 cm³/mol. The average Bonchev–Trinajstić information content (AvgIpc) is 2.84. The van der Waals surface area contributed by atoms with E-state index in [2.05, 4.69) is 10.3 Å². The topological polar surface area (TPSA) is 77.2 Å². The molecular formula is C14H17N3O2S. The number of benzene rings is 1. The zero-order valence-corrected chi connectivity index (χ0v) is 12.2. The van der Waals surface area contributed by atoms with E-state index in [1.54, 1.807) is 12.1 Å². The van der Waals surface area contributed by atoms with Crippen molar-refractivity contribution in [1.29, 1.82) is 0 Å². The maximum atomic E-state index is 11.8. The lowest BCUT2D eigenvalue weighted by molar-refractivity contribution is -0.123. The smallest absolute Gasteiger partial charge is 0.258 e. The number of anilines is 1. The van der Waals surface area contributed by atoms with Crippen molar-refractivity contribution in [2.24, 2.45) is 0 Å². The third-order valence-electron chi connectivity index (χ3n) is 2.66. The second kappa shape index (κ2) is 6.38. The summed E-state index contributed by atoms with van der Waals surface area (Å²) in [5.41, 5.74) is 7.21. The number of thiazole rings is 1. The highest BCUT2D eigenvalue weighted by Crippen LogP contribution is 2.20. The molecule has 1 unspecified atom stereocenters. The van der Waals surface area contributed by atoms with Crippen LogP contribution >= 0.6 is 11.3 Å². The summed E-state index contributed by atoms with van der Waals surface area (Å²) in [6.45, 7) is 3.76. The minimum Gasteiger partial charge on any atom is -0.482 e. The first-order chi connectivity index (χ1) is 9.56. The van der Waals surface area contributed by atoms with Crippen LogP contribution in [0.3, 0.4) is 0 Å². The number of nitrogens with zero attached hydrogens (tertiary/aromatic N) is 1. The monoisotopic (exact) mass is 291 g/mol. The Kier molecular flexibility index (Phi) is 4.57. The van der Waals surface area contributed by atoms with Gasteiger partial charge in [0.1, 0.15) is 10.8 Å². The van der Waals surface area contributed by atoms with E-state index in [0.717, 1.165) is 10.7 Å². The van der Waals surface area contributed by atoms with Crippen LogP contribution in [-0.4, -0.2) is 17.5 Å². The summed E-state index contributed by atoms with van der Waals surface area (Å²) in [4.78, 5) is 16.2. The molecule has 3 N–H and O–H groups in total. The van der Waals surface area contributed by atoms with E-state index in [0.29, 0.717) is 11.4 Å². The van der Waals surface area contributed by atoms with Gasteiger partial charge in [0.2, 0.25) is 0 Å². The highest BCUT2D eigenvalue weighted by atomic mass is 32.1. The van der Waals surface area contributed by atoms with Gasteiger partial charge < -0.3 is 15.8 Å². The molecule has 0 spiro atoms. The molecule has 2 aromatic rings. The summed E-state index contributed by atoms with van der Waals surface area (Å²) in [5.74, 6) is 0.314. The van der Waals surface area contributed by atoms with Crippen LogP contribution in [0, 0.1) is 6.92 Å². The number of carbonyl (C=O) groups excluding carboxylic acids is 1. The number of rotatable bonds is 5. The fraction of sp³-hybridized carbons (Fsp3) is 0.286. The van der Waals surface area contributed by atoms with E-state index in [-0.39, 0.29) is 18.6 Å². The Balaban J connectivity index is 1.85. The minimum atomic E-state index is -0.200. The molecule has 2 rings (SSSR count). The van der Waals surface area contributed by atoms with Crippen LogP contribution in [0.1, 0.15) is 23.7 Å². The molecular weight excluding hydrogens is 274 g/mol. The Hall–Kier alpha value is -2.08. The van der Waals surface area contributed by atoms with Crippen LogP contribution in [0.4, 0.5) is 5.69 Å². The number of carbonyl (C=O) groups is 1. The SMILES string of the molecule is Cc1csc(C(C)NC(=O)COc2ccccc2N)n1. The maximum Gasteiger partial charge on any atom is 0.258 e. The van der Waals surface area contributed by atoms with E-state index in [1.165, 1.54) is 11.3 Å². The molecule has 5 nitrogen and oxygen atoms in total. The number of hydrogen-bond acceptors (Lipinski definition) is 5. The molecule has 1 atom stereocenters. The van der Waals surface area contributed by atoms with Crippen molar-refractivity contribution >= 4 is 22.9 Å². The first-order valence-corrected chi connectivity index (χ1v) is 7.13. The summed E-state index contributed by atoms with van der Waals surface area (Å²) in [7, 11) is 0. The Morgan fingerprint density at radius 2 is 2.25 bits per heavy atom. The van der Waals surface area contributed by atoms with Crippen molar-refractivity contribution in [3.05, 3.63) is 40.3 Å². The number of amides is 1. The van der Waals surface area contributed by atoms with Gasteiger partial charge in [0.05, 0.1) is 11.7 Å². The Morgan fingerprint density at radius 1 is 1.50 bits per heavy atom. The molecule has 0 saturated carbocycles. The molecule has 0 aliphatic heterocycles. The van der Waals surface area contributed by atoms with E-state index >= 15 is 0 Å². The van der Waals surface area contributed by atoms with Gasteiger partial charge in [-0.1, -0.05) is 12.1 Å².